The van der Waals surface area contributed by atoms with Gasteiger partial charge in [-0.1, -0.05) is 15.9 Å². The predicted octanol–water partition coefficient (Wildman–Crippen LogP) is 5.54. The zero-order valence-corrected chi connectivity index (χ0v) is 14.0. The zero-order valence-electron chi connectivity index (χ0n) is 9.25. The smallest absolute Gasteiger partial charge is 0.127 e. The van der Waals surface area contributed by atoms with Crippen LogP contribution in [-0.4, -0.2) is 6.61 Å². The summed E-state index contributed by atoms with van der Waals surface area (Å²) in [5.74, 6) is 0.959. The molecule has 2 aromatic rings. The first-order chi connectivity index (χ1) is 8.65. The summed E-state index contributed by atoms with van der Waals surface area (Å²) in [5.41, 5.74) is 3.38. The Morgan fingerprint density at radius 2 is 2.11 bits per heavy atom. The topological polar surface area (TPSA) is 9.23 Å². The zero-order chi connectivity index (χ0) is 12.7. The number of alkyl halides is 1. The third-order valence-corrected chi connectivity index (χ3v) is 5.40. The molecule has 18 heavy (non-hydrogen) atoms. The van der Waals surface area contributed by atoms with Crippen LogP contribution in [0.2, 0.25) is 0 Å². The highest BCUT2D eigenvalue weighted by molar-refractivity contribution is 9.11. The third kappa shape index (κ3) is 2.36. The second kappa shape index (κ2) is 5.16. The van der Waals surface area contributed by atoms with Gasteiger partial charge in [-0.05, 0) is 50.6 Å². The average Bonchev–Trinajstić information content (AvgIpc) is 2.95. The molecule has 1 atom stereocenters. The van der Waals surface area contributed by atoms with Gasteiger partial charge in [-0.25, -0.2) is 0 Å². The molecule has 1 aromatic carbocycles. The number of benzene rings is 1. The largest absolute Gasteiger partial charge is 0.493 e. The highest BCUT2D eigenvalue weighted by Crippen LogP contribution is 2.42. The molecule has 0 spiro atoms. The quantitative estimate of drug-likeness (QED) is 0.593. The summed E-state index contributed by atoms with van der Waals surface area (Å²) >= 11 is 15.2. The molecule has 0 saturated carbocycles. The van der Waals surface area contributed by atoms with E-state index in [1.54, 1.807) is 11.3 Å². The molecule has 3 rings (SSSR count). The molecule has 1 unspecified atom stereocenters. The first-order valence-electron chi connectivity index (χ1n) is 5.48. The second-order valence-corrected chi connectivity index (χ2v) is 7.77. The van der Waals surface area contributed by atoms with Crippen LogP contribution in [0.15, 0.2) is 31.8 Å². The van der Waals surface area contributed by atoms with Crippen molar-refractivity contribution in [3.05, 3.63) is 48.5 Å². The van der Waals surface area contributed by atoms with E-state index in [0.717, 1.165) is 38.2 Å². The Kier molecular flexibility index (Phi) is 3.72. The molecular formula is C13H9Br2ClOS. The molecule has 0 amide bonds. The fourth-order valence-corrected chi connectivity index (χ4v) is 4.21. The van der Waals surface area contributed by atoms with E-state index in [1.807, 2.05) is 6.07 Å². The molecule has 1 nitrogen and oxygen atoms in total. The summed E-state index contributed by atoms with van der Waals surface area (Å²) in [6, 6.07) is 6.22. The standard InChI is InChI=1S/C13H9Br2ClOS/c14-9-3-7-1-2-17-13(7)10(5-9)12(16)8-4-11(15)18-6-8/h3-6,12H,1-2H2. The van der Waals surface area contributed by atoms with Crippen LogP contribution in [0.5, 0.6) is 5.75 Å². The number of rotatable bonds is 2. The SMILES string of the molecule is ClC(c1csc(Br)c1)c1cc(Br)cc2c1OCC2. The lowest BCUT2D eigenvalue weighted by atomic mass is 10.0. The van der Waals surface area contributed by atoms with Crippen molar-refractivity contribution in [3.63, 3.8) is 0 Å². The van der Waals surface area contributed by atoms with Gasteiger partial charge in [-0.2, -0.15) is 0 Å². The highest BCUT2D eigenvalue weighted by Gasteiger charge is 2.23. The van der Waals surface area contributed by atoms with Gasteiger partial charge in [0.25, 0.3) is 0 Å². The molecule has 0 N–H and O–H groups in total. The van der Waals surface area contributed by atoms with Gasteiger partial charge in [0.05, 0.1) is 15.8 Å². The summed E-state index contributed by atoms with van der Waals surface area (Å²) in [6.07, 6.45) is 0.957. The minimum Gasteiger partial charge on any atom is -0.493 e. The van der Waals surface area contributed by atoms with Crippen LogP contribution in [0.4, 0.5) is 0 Å². The Morgan fingerprint density at radius 3 is 2.83 bits per heavy atom. The predicted molar refractivity (Wildman–Crippen MR) is 83.1 cm³/mol. The van der Waals surface area contributed by atoms with E-state index in [0.29, 0.717) is 0 Å². The molecule has 94 valence electrons. The van der Waals surface area contributed by atoms with Gasteiger partial charge in [0.15, 0.2) is 0 Å². The van der Waals surface area contributed by atoms with Crippen LogP contribution in [0.25, 0.3) is 0 Å². The highest BCUT2D eigenvalue weighted by atomic mass is 79.9. The molecule has 2 heterocycles. The van der Waals surface area contributed by atoms with Gasteiger partial charge in [-0.15, -0.1) is 22.9 Å². The maximum absolute atomic E-state index is 6.59. The van der Waals surface area contributed by atoms with Crippen molar-refractivity contribution in [3.8, 4) is 5.75 Å². The van der Waals surface area contributed by atoms with E-state index in [2.05, 4.69) is 49.4 Å². The minimum atomic E-state index is -0.170. The monoisotopic (exact) mass is 406 g/mol. The van der Waals surface area contributed by atoms with Gasteiger partial charge < -0.3 is 4.74 Å². The molecular weight excluding hydrogens is 399 g/mol. The van der Waals surface area contributed by atoms with Crippen molar-refractivity contribution in [2.75, 3.05) is 6.61 Å². The Balaban J connectivity index is 2.06. The summed E-state index contributed by atoms with van der Waals surface area (Å²) in [5, 5.41) is 1.90. The molecule has 1 aliphatic heterocycles. The lowest BCUT2D eigenvalue weighted by Gasteiger charge is -2.13. The molecule has 0 fully saturated rings. The fourth-order valence-electron chi connectivity index (χ4n) is 2.12. The van der Waals surface area contributed by atoms with Crippen LogP contribution in [0.3, 0.4) is 0 Å². The van der Waals surface area contributed by atoms with E-state index in [9.17, 15) is 0 Å². The summed E-state index contributed by atoms with van der Waals surface area (Å²) in [4.78, 5) is 0. The molecule has 1 aliphatic rings. The Hall–Kier alpha value is -0.0300. The molecule has 0 radical (unpaired) electrons. The number of halogens is 3. The van der Waals surface area contributed by atoms with Gasteiger partial charge in [0.1, 0.15) is 5.75 Å². The lowest BCUT2D eigenvalue weighted by Crippen LogP contribution is -1.96. The molecule has 0 aliphatic carbocycles. The van der Waals surface area contributed by atoms with Gasteiger partial charge >= 0.3 is 0 Å². The van der Waals surface area contributed by atoms with Gasteiger partial charge in [-0.3, -0.25) is 0 Å². The minimum absolute atomic E-state index is 0.170. The molecule has 1 aromatic heterocycles. The van der Waals surface area contributed by atoms with E-state index < -0.39 is 0 Å². The van der Waals surface area contributed by atoms with E-state index in [1.165, 1.54) is 5.56 Å². The van der Waals surface area contributed by atoms with Crippen LogP contribution in [0.1, 0.15) is 22.1 Å². The van der Waals surface area contributed by atoms with Crippen molar-refractivity contribution in [1.29, 1.82) is 0 Å². The van der Waals surface area contributed by atoms with Crippen molar-refractivity contribution >= 4 is 54.8 Å². The van der Waals surface area contributed by atoms with E-state index in [-0.39, 0.29) is 5.38 Å². The third-order valence-electron chi connectivity index (χ3n) is 2.93. The fraction of sp³-hybridized carbons (Fsp3) is 0.231. The Labute approximate surface area is 131 Å². The average molecular weight is 409 g/mol. The van der Waals surface area contributed by atoms with Crippen LogP contribution < -0.4 is 4.74 Å². The molecule has 0 saturated heterocycles. The maximum Gasteiger partial charge on any atom is 0.127 e. The Morgan fingerprint density at radius 1 is 1.28 bits per heavy atom. The normalized spacial score (nSPS) is 15.3. The second-order valence-electron chi connectivity index (χ2n) is 4.13. The number of fused-ring (bicyclic) bond motifs is 1. The van der Waals surface area contributed by atoms with Crippen LogP contribution >= 0.6 is 54.8 Å². The number of thiophene rings is 1. The van der Waals surface area contributed by atoms with Crippen molar-refractivity contribution in [2.24, 2.45) is 0 Å². The van der Waals surface area contributed by atoms with Crippen molar-refractivity contribution < 1.29 is 4.74 Å². The molecule has 5 heteroatoms. The van der Waals surface area contributed by atoms with Crippen molar-refractivity contribution in [1.82, 2.24) is 0 Å². The van der Waals surface area contributed by atoms with Gasteiger partial charge in [0, 0.05) is 16.5 Å². The first-order valence-corrected chi connectivity index (χ1v) is 8.38. The summed E-state index contributed by atoms with van der Waals surface area (Å²) < 4.78 is 7.87. The number of ether oxygens (including phenoxy) is 1. The number of hydrogen-bond donors (Lipinski definition) is 0. The Bertz CT molecular complexity index is 597. The van der Waals surface area contributed by atoms with Crippen LogP contribution in [-0.2, 0) is 6.42 Å². The number of hydrogen-bond acceptors (Lipinski definition) is 2. The van der Waals surface area contributed by atoms with E-state index >= 15 is 0 Å². The first kappa shape index (κ1) is 13.0. The van der Waals surface area contributed by atoms with Gasteiger partial charge in [0.2, 0.25) is 0 Å². The molecule has 0 bridgehead atoms. The maximum atomic E-state index is 6.59. The summed E-state index contributed by atoms with van der Waals surface area (Å²) in [6.45, 7) is 0.746. The lowest BCUT2D eigenvalue weighted by molar-refractivity contribution is 0.353. The van der Waals surface area contributed by atoms with Crippen LogP contribution in [0, 0.1) is 0 Å². The summed E-state index contributed by atoms with van der Waals surface area (Å²) in [7, 11) is 0. The van der Waals surface area contributed by atoms with E-state index in [4.69, 9.17) is 16.3 Å². The van der Waals surface area contributed by atoms with Crippen molar-refractivity contribution in [2.45, 2.75) is 11.8 Å².